The molecular formula is C30H34O6. The van der Waals surface area contributed by atoms with E-state index >= 15 is 0 Å². The summed E-state index contributed by atoms with van der Waals surface area (Å²) < 4.78 is 6.30. The summed E-state index contributed by atoms with van der Waals surface area (Å²) in [6, 6.07) is 4.19. The predicted molar refractivity (Wildman–Crippen MR) is 143 cm³/mol. The van der Waals surface area contributed by atoms with E-state index < -0.39 is 11.4 Å². The third-order valence-electron chi connectivity index (χ3n) is 6.05. The maximum absolute atomic E-state index is 13.4. The Kier molecular flexibility index (Phi) is 7.98. The van der Waals surface area contributed by atoms with Crippen LogP contribution in [0.1, 0.15) is 74.5 Å². The molecule has 0 saturated carbocycles. The number of phenolic OH excluding ortho intramolecular Hbond substituents is 4. The number of hydrogen-bond acceptors (Lipinski definition) is 6. The standard InChI is InChI=1S/C30H34O6/c1-18(2)7-6-15-30(5)16-14-22-27(34)21(11-8-19(3)4)28(35)26(29(22)36-30)24(32)13-10-20-9-12-23(31)25(33)17-20/h7-10,12-14,16-17,31,33-35H,6,11,15H2,1-5H3/b13-10+/t30-/m1/s1. The Hall–Kier alpha value is -3.93. The molecule has 0 amide bonds. The molecule has 6 heteroatoms. The van der Waals surface area contributed by atoms with Crippen molar-refractivity contribution in [2.45, 2.75) is 59.5 Å². The van der Waals surface area contributed by atoms with E-state index in [1.807, 2.05) is 46.8 Å². The van der Waals surface area contributed by atoms with E-state index in [4.69, 9.17) is 4.74 Å². The Morgan fingerprint density at radius 1 is 0.972 bits per heavy atom. The van der Waals surface area contributed by atoms with Crippen molar-refractivity contribution in [3.05, 3.63) is 75.9 Å². The van der Waals surface area contributed by atoms with E-state index in [0.717, 1.165) is 12.0 Å². The van der Waals surface area contributed by atoms with E-state index in [9.17, 15) is 25.2 Å². The summed E-state index contributed by atoms with van der Waals surface area (Å²) in [7, 11) is 0. The second kappa shape index (κ2) is 10.8. The van der Waals surface area contributed by atoms with Gasteiger partial charge in [-0.25, -0.2) is 0 Å². The minimum absolute atomic E-state index is 0.0306. The van der Waals surface area contributed by atoms with Gasteiger partial charge in [-0.1, -0.05) is 35.4 Å². The second-order valence-corrected chi connectivity index (χ2v) is 9.79. The average Bonchev–Trinajstić information content (AvgIpc) is 2.79. The molecule has 190 valence electrons. The summed E-state index contributed by atoms with van der Waals surface area (Å²) in [4.78, 5) is 13.4. The fourth-order valence-electron chi connectivity index (χ4n) is 3.97. The Morgan fingerprint density at radius 3 is 2.31 bits per heavy atom. The second-order valence-electron chi connectivity index (χ2n) is 9.79. The van der Waals surface area contributed by atoms with Gasteiger partial charge >= 0.3 is 0 Å². The predicted octanol–water partition coefficient (Wildman–Crippen LogP) is 6.82. The van der Waals surface area contributed by atoms with Gasteiger partial charge in [0.25, 0.3) is 0 Å². The molecule has 0 radical (unpaired) electrons. The quantitative estimate of drug-likeness (QED) is 0.140. The number of phenols is 4. The summed E-state index contributed by atoms with van der Waals surface area (Å²) in [5, 5.41) is 41.5. The zero-order chi connectivity index (χ0) is 26.6. The van der Waals surface area contributed by atoms with Crippen LogP contribution in [0.5, 0.6) is 28.7 Å². The molecule has 0 saturated heterocycles. The minimum Gasteiger partial charge on any atom is -0.507 e. The molecule has 1 heterocycles. The van der Waals surface area contributed by atoms with Crippen LogP contribution in [0.15, 0.2) is 53.6 Å². The summed E-state index contributed by atoms with van der Waals surface area (Å²) in [6.45, 7) is 9.77. The first-order chi connectivity index (χ1) is 16.9. The monoisotopic (exact) mass is 490 g/mol. The Morgan fingerprint density at radius 2 is 1.67 bits per heavy atom. The maximum atomic E-state index is 13.4. The van der Waals surface area contributed by atoms with E-state index in [1.54, 1.807) is 12.1 Å². The first kappa shape index (κ1) is 26.7. The molecule has 2 aromatic carbocycles. The topological polar surface area (TPSA) is 107 Å². The van der Waals surface area contributed by atoms with Crippen molar-refractivity contribution in [1.82, 2.24) is 0 Å². The SMILES string of the molecule is CC(C)=CCC[C@]1(C)C=Cc2c(O)c(CC=C(C)C)c(O)c(C(=O)/C=C/c3ccc(O)c(O)c3)c2O1. The lowest BCUT2D eigenvalue weighted by Crippen LogP contribution is -2.32. The van der Waals surface area contributed by atoms with E-state index in [0.29, 0.717) is 17.5 Å². The smallest absolute Gasteiger partial charge is 0.193 e. The van der Waals surface area contributed by atoms with Crippen LogP contribution in [0.2, 0.25) is 0 Å². The Balaban J connectivity index is 2.10. The molecular weight excluding hydrogens is 456 g/mol. The van der Waals surface area contributed by atoms with Gasteiger partial charge in [-0.2, -0.15) is 0 Å². The third kappa shape index (κ3) is 6.00. The van der Waals surface area contributed by atoms with Crippen molar-refractivity contribution in [3.8, 4) is 28.7 Å². The van der Waals surface area contributed by atoms with Gasteiger partial charge in [0.05, 0.1) is 5.56 Å². The molecule has 36 heavy (non-hydrogen) atoms. The highest BCUT2D eigenvalue weighted by atomic mass is 16.5. The molecule has 1 aliphatic heterocycles. The fraction of sp³-hybridized carbons (Fsp3) is 0.300. The molecule has 0 fully saturated rings. The van der Waals surface area contributed by atoms with E-state index in [-0.39, 0.29) is 46.3 Å². The van der Waals surface area contributed by atoms with Crippen molar-refractivity contribution < 1.29 is 30.0 Å². The molecule has 1 aliphatic rings. The van der Waals surface area contributed by atoms with Crippen LogP contribution < -0.4 is 4.74 Å². The van der Waals surface area contributed by atoms with Crippen LogP contribution in [-0.4, -0.2) is 31.8 Å². The third-order valence-corrected chi connectivity index (χ3v) is 6.05. The molecule has 0 aliphatic carbocycles. The van der Waals surface area contributed by atoms with Crippen LogP contribution in [0.25, 0.3) is 12.2 Å². The number of fused-ring (bicyclic) bond motifs is 1. The highest BCUT2D eigenvalue weighted by molar-refractivity contribution is 6.12. The highest BCUT2D eigenvalue weighted by Gasteiger charge is 2.34. The molecule has 6 nitrogen and oxygen atoms in total. The summed E-state index contributed by atoms with van der Waals surface area (Å²) in [5.74, 6) is -1.40. The van der Waals surface area contributed by atoms with Crippen LogP contribution >= 0.6 is 0 Å². The summed E-state index contributed by atoms with van der Waals surface area (Å²) >= 11 is 0. The van der Waals surface area contributed by atoms with Gasteiger partial charge in [0, 0.05) is 5.56 Å². The average molecular weight is 491 g/mol. The Labute approximate surface area is 212 Å². The zero-order valence-electron chi connectivity index (χ0n) is 21.4. The number of carbonyl (C=O) groups excluding carboxylic acids is 1. The molecule has 0 spiro atoms. The lowest BCUT2D eigenvalue weighted by Gasteiger charge is -2.33. The van der Waals surface area contributed by atoms with Crippen molar-refractivity contribution >= 4 is 17.9 Å². The largest absolute Gasteiger partial charge is 0.507 e. The highest BCUT2D eigenvalue weighted by Crippen LogP contribution is 2.48. The van der Waals surface area contributed by atoms with Crippen LogP contribution in [-0.2, 0) is 6.42 Å². The summed E-state index contributed by atoms with van der Waals surface area (Å²) in [5.41, 5.74) is 2.52. The van der Waals surface area contributed by atoms with Crippen LogP contribution in [0.4, 0.5) is 0 Å². The number of allylic oxidation sites excluding steroid dienone is 5. The van der Waals surface area contributed by atoms with Gasteiger partial charge in [-0.05, 0) is 89.8 Å². The lowest BCUT2D eigenvalue weighted by atomic mass is 9.89. The van der Waals surface area contributed by atoms with Crippen molar-refractivity contribution in [1.29, 1.82) is 0 Å². The molecule has 3 rings (SSSR count). The molecule has 2 aromatic rings. The maximum Gasteiger partial charge on any atom is 0.193 e. The van der Waals surface area contributed by atoms with E-state index in [1.165, 1.54) is 29.9 Å². The molecule has 4 N–H and O–H groups in total. The van der Waals surface area contributed by atoms with Gasteiger partial charge in [-0.15, -0.1) is 0 Å². The number of ether oxygens (including phenoxy) is 1. The molecule has 0 unspecified atom stereocenters. The zero-order valence-corrected chi connectivity index (χ0v) is 21.4. The Bertz CT molecular complexity index is 1290. The first-order valence-corrected chi connectivity index (χ1v) is 11.9. The van der Waals surface area contributed by atoms with Crippen molar-refractivity contribution in [2.75, 3.05) is 0 Å². The van der Waals surface area contributed by atoms with Gasteiger partial charge in [-0.3, -0.25) is 4.79 Å². The number of benzene rings is 2. The lowest BCUT2D eigenvalue weighted by molar-refractivity contribution is 0.101. The van der Waals surface area contributed by atoms with Gasteiger partial charge < -0.3 is 25.2 Å². The van der Waals surface area contributed by atoms with Crippen LogP contribution in [0, 0.1) is 0 Å². The number of carbonyl (C=O) groups is 1. The first-order valence-electron chi connectivity index (χ1n) is 11.9. The van der Waals surface area contributed by atoms with Crippen molar-refractivity contribution in [3.63, 3.8) is 0 Å². The molecule has 0 aromatic heterocycles. The fourth-order valence-corrected chi connectivity index (χ4v) is 3.97. The number of aromatic hydroxyl groups is 4. The number of rotatable bonds is 8. The van der Waals surface area contributed by atoms with E-state index in [2.05, 4.69) is 6.08 Å². The number of hydrogen-bond donors (Lipinski definition) is 4. The summed E-state index contributed by atoms with van der Waals surface area (Å²) in [6.07, 6.45) is 12.0. The van der Waals surface area contributed by atoms with Gasteiger partial charge in [0.1, 0.15) is 28.4 Å². The number of ketones is 1. The van der Waals surface area contributed by atoms with Crippen LogP contribution in [0.3, 0.4) is 0 Å². The molecule has 0 bridgehead atoms. The van der Waals surface area contributed by atoms with Gasteiger partial charge in [0.15, 0.2) is 17.3 Å². The minimum atomic E-state index is -0.735. The molecule has 1 atom stereocenters. The van der Waals surface area contributed by atoms with Gasteiger partial charge in [0.2, 0.25) is 0 Å². The normalized spacial score (nSPS) is 16.4. The van der Waals surface area contributed by atoms with Crippen molar-refractivity contribution in [2.24, 2.45) is 0 Å².